The van der Waals surface area contributed by atoms with Gasteiger partial charge in [0.2, 0.25) is 5.91 Å². The highest BCUT2D eigenvalue weighted by atomic mass is 19.4. The molecule has 0 aliphatic carbocycles. The van der Waals surface area contributed by atoms with E-state index in [2.05, 4.69) is 15.4 Å². The highest BCUT2D eigenvalue weighted by molar-refractivity contribution is 5.96. The zero-order chi connectivity index (χ0) is 19.0. The smallest absolute Gasteiger partial charge is 0.394 e. The monoisotopic (exact) mass is 360 g/mol. The molecule has 0 spiro atoms. The molecule has 1 amide bonds. The number of methoxy groups -OCH3 is 2. The minimum atomic E-state index is -4.32. The van der Waals surface area contributed by atoms with Crippen molar-refractivity contribution in [1.29, 1.82) is 0 Å². The normalized spacial score (nSPS) is 12.6. The van der Waals surface area contributed by atoms with Crippen LogP contribution in [0.15, 0.2) is 30.5 Å². The van der Waals surface area contributed by atoms with Gasteiger partial charge in [-0.05, 0) is 24.4 Å². The Hall–Kier alpha value is -2.71. The van der Waals surface area contributed by atoms with E-state index in [0.717, 1.165) is 19.2 Å². The van der Waals surface area contributed by atoms with Gasteiger partial charge in [0.25, 0.3) is 0 Å². The number of benzene rings is 1. The predicted octanol–water partition coefficient (Wildman–Crippen LogP) is 2.72. The fourth-order valence-corrected chi connectivity index (χ4v) is 1.71. The maximum Gasteiger partial charge on any atom is 0.394 e. The van der Waals surface area contributed by atoms with Crippen LogP contribution in [0.1, 0.15) is 17.3 Å². The molecule has 0 saturated carbocycles. The maximum absolute atomic E-state index is 12.3. The van der Waals surface area contributed by atoms with Crippen LogP contribution >= 0.6 is 0 Å². The van der Waals surface area contributed by atoms with Gasteiger partial charge in [-0.2, -0.15) is 13.2 Å². The first-order valence-corrected chi connectivity index (χ1v) is 7.22. The van der Waals surface area contributed by atoms with E-state index in [-0.39, 0.29) is 17.9 Å². The second kappa shape index (κ2) is 8.95. The fourth-order valence-electron chi connectivity index (χ4n) is 1.71. The second-order valence-corrected chi connectivity index (χ2v) is 5.03. The number of esters is 1. The zero-order valence-electron chi connectivity index (χ0n) is 13.9. The number of hydrogen-bond donors (Lipinski definition) is 2. The van der Waals surface area contributed by atoms with Crippen LogP contribution in [-0.4, -0.2) is 38.8 Å². The number of halogens is 3. The van der Waals surface area contributed by atoms with E-state index in [1.54, 1.807) is 0 Å². The summed E-state index contributed by atoms with van der Waals surface area (Å²) in [5.41, 5.74) is 0.564. The molecule has 9 heteroatoms. The SMILES string of the molecule is COC(=O)c1ccc(NC(=O)CN/C=C/[C@H](C)C(F)(F)F)c(OC)c1. The molecule has 0 fully saturated rings. The summed E-state index contributed by atoms with van der Waals surface area (Å²) in [5, 5.41) is 5.01. The molecule has 0 bridgehead atoms. The van der Waals surface area contributed by atoms with Crippen molar-refractivity contribution in [3.63, 3.8) is 0 Å². The quantitative estimate of drug-likeness (QED) is 0.731. The van der Waals surface area contributed by atoms with E-state index in [1.807, 2.05) is 0 Å². The summed E-state index contributed by atoms with van der Waals surface area (Å²) in [6, 6.07) is 4.31. The number of hydrogen-bond acceptors (Lipinski definition) is 5. The van der Waals surface area contributed by atoms with Crippen LogP contribution in [-0.2, 0) is 9.53 Å². The van der Waals surface area contributed by atoms with Gasteiger partial charge in [0.05, 0.1) is 37.9 Å². The molecule has 1 atom stereocenters. The minimum Gasteiger partial charge on any atom is -0.495 e. The van der Waals surface area contributed by atoms with E-state index in [4.69, 9.17) is 4.74 Å². The Balaban J connectivity index is 2.62. The molecule has 0 radical (unpaired) electrons. The lowest BCUT2D eigenvalue weighted by Gasteiger charge is -2.12. The summed E-state index contributed by atoms with van der Waals surface area (Å²) >= 11 is 0. The molecule has 138 valence electrons. The Morgan fingerprint density at radius 1 is 1.28 bits per heavy atom. The van der Waals surface area contributed by atoms with E-state index < -0.39 is 24.0 Å². The predicted molar refractivity (Wildman–Crippen MR) is 85.3 cm³/mol. The van der Waals surface area contributed by atoms with Crippen molar-refractivity contribution in [3.05, 3.63) is 36.0 Å². The molecule has 0 heterocycles. The average Bonchev–Trinajstić information content (AvgIpc) is 2.57. The van der Waals surface area contributed by atoms with Crippen molar-refractivity contribution >= 4 is 17.6 Å². The van der Waals surface area contributed by atoms with Gasteiger partial charge in [-0.3, -0.25) is 4.79 Å². The van der Waals surface area contributed by atoms with Gasteiger partial charge in [-0.25, -0.2) is 4.79 Å². The van der Waals surface area contributed by atoms with Crippen LogP contribution < -0.4 is 15.4 Å². The third kappa shape index (κ3) is 6.36. The Kier molecular flexibility index (Phi) is 7.28. The lowest BCUT2D eigenvalue weighted by molar-refractivity contribution is -0.156. The highest BCUT2D eigenvalue weighted by Gasteiger charge is 2.33. The summed E-state index contributed by atoms with van der Waals surface area (Å²) < 4.78 is 46.6. The van der Waals surface area contributed by atoms with Crippen LogP contribution in [0.2, 0.25) is 0 Å². The summed E-state index contributed by atoms with van der Waals surface area (Å²) in [4.78, 5) is 23.3. The standard InChI is InChI=1S/C16H19F3N2O4/c1-10(16(17,18)19)6-7-20-9-14(22)21-12-5-4-11(15(23)25-3)8-13(12)24-2/h4-8,10,20H,9H2,1-3H3,(H,21,22)/b7-6+/t10-/m0/s1. The summed E-state index contributed by atoms with van der Waals surface area (Å²) in [7, 11) is 2.61. The molecule has 0 aromatic heterocycles. The van der Waals surface area contributed by atoms with Crippen molar-refractivity contribution < 1.29 is 32.2 Å². The lowest BCUT2D eigenvalue weighted by Crippen LogP contribution is -2.25. The van der Waals surface area contributed by atoms with Crippen LogP contribution in [0.25, 0.3) is 0 Å². The summed E-state index contributed by atoms with van der Waals surface area (Å²) in [6.07, 6.45) is -2.33. The number of nitrogens with one attached hydrogen (secondary N) is 2. The third-order valence-corrected chi connectivity index (χ3v) is 3.18. The van der Waals surface area contributed by atoms with Gasteiger partial charge < -0.3 is 20.1 Å². The Labute approximate surface area is 143 Å². The first-order valence-electron chi connectivity index (χ1n) is 7.22. The van der Waals surface area contributed by atoms with Gasteiger partial charge in [0.15, 0.2) is 0 Å². The summed E-state index contributed by atoms with van der Waals surface area (Å²) in [6.45, 7) is 0.773. The van der Waals surface area contributed by atoms with Crippen LogP contribution in [0.5, 0.6) is 5.75 Å². The highest BCUT2D eigenvalue weighted by Crippen LogP contribution is 2.27. The minimum absolute atomic E-state index is 0.233. The van der Waals surface area contributed by atoms with Crippen molar-refractivity contribution in [3.8, 4) is 5.75 Å². The van der Waals surface area contributed by atoms with Crippen molar-refractivity contribution in [2.24, 2.45) is 5.92 Å². The first kappa shape index (κ1) is 20.3. The number of alkyl halides is 3. The molecule has 25 heavy (non-hydrogen) atoms. The van der Waals surface area contributed by atoms with E-state index in [1.165, 1.54) is 32.4 Å². The van der Waals surface area contributed by atoms with Crippen molar-refractivity contribution in [1.82, 2.24) is 5.32 Å². The number of amides is 1. The average molecular weight is 360 g/mol. The number of allylic oxidation sites excluding steroid dienone is 1. The first-order chi connectivity index (χ1) is 11.7. The molecule has 1 aromatic carbocycles. The number of carbonyl (C=O) groups is 2. The molecule has 0 unspecified atom stereocenters. The van der Waals surface area contributed by atoms with Crippen molar-refractivity contribution in [2.75, 3.05) is 26.1 Å². The van der Waals surface area contributed by atoms with Gasteiger partial charge in [0, 0.05) is 0 Å². The third-order valence-electron chi connectivity index (χ3n) is 3.18. The maximum atomic E-state index is 12.3. The zero-order valence-corrected chi connectivity index (χ0v) is 13.9. The van der Waals surface area contributed by atoms with Gasteiger partial charge >= 0.3 is 12.1 Å². The molecule has 0 aliphatic heterocycles. The topological polar surface area (TPSA) is 76.7 Å². The van der Waals surface area contributed by atoms with Crippen LogP contribution in [0.4, 0.5) is 18.9 Å². The largest absolute Gasteiger partial charge is 0.495 e. The summed E-state index contributed by atoms with van der Waals surface area (Å²) in [5.74, 6) is -2.42. The Morgan fingerprint density at radius 2 is 1.96 bits per heavy atom. The molecule has 1 rings (SSSR count). The molecular formula is C16H19F3N2O4. The molecule has 0 saturated heterocycles. The Morgan fingerprint density at radius 3 is 2.52 bits per heavy atom. The number of carbonyl (C=O) groups excluding carboxylic acids is 2. The molecule has 0 aliphatic rings. The lowest BCUT2D eigenvalue weighted by atomic mass is 10.2. The van der Waals surface area contributed by atoms with E-state index in [0.29, 0.717) is 5.69 Å². The van der Waals surface area contributed by atoms with E-state index in [9.17, 15) is 22.8 Å². The van der Waals surface area contributed by atoms with Crippen molar-refractivity contribution in [2.45, 2.75) is 13.1 Å². The molecular weight excluding hydrogens is 341 g/mol. The fraction of sp³-hybridized carbons (Fsp3) is 0.375. The van der Waals surface area contributed by atoms with E-state index >= 15 is 0 Å². The second-order valence-electron chi connectivity index (χ2n) is 5.03. The van der Waals surface area contributed by atoms with Crippen LogP contribution in [0, 0.1) is 5.92 Å². The molecule has 2 N–H and O–H groups in total. The van der Waals surface area contributed by atoms with Gasteiger partial charge in [0.1, 0.15) is 5.75 Å². The number of ether oxygens (including phenoxy) is 2. The number of rotatable bonds is 7. The van der Waals surface area contributed by atoms with Crippen LogP contribution in [0.3, 0.4) is 0 Å². The molecule has 6 nitrogen and oxygen atoms in total. The Bertz CT molecular complexity index is 645. The number of anilines is 1. The van der Waals surface area contributed by atoms with Gasteiger partial charge in [-0.15, -0.1) is 0 Å². The van der Waals surface area contributed by atoms with Gasteiger partial charge in [-0.1, -0.05) is 13.0 Å². The molecule has 1 aromatic rings.